The molecular weight excluding hydrogens is 550 g/mol. The predicted octanol–water partition coefficient (Wildman–Crippen LogP) is 4.45. The van der Waals surface area contributed by atoms with Crippen LogP contribution in [0.1, 0.15) is 68.4 Å². The van der Waals surface area contributed by atoms with Crippen molar-refractivity contribution in [3.8, 4) is 0 Å². The molecule has 2 N–H and O–H groups in total. The van der Waals surface area contributed by atoms with Crippen LogP contribution in [0.25, 0.3) is 0 Å². The number of benzene rings is 1. The van der Waals surface area contributed by atoms with E-state index in [0.717, 1.165) is 65.1 Å². The Bertz CT molecular complexity index is 1100. The van der Waals surface area contributed by atoms with E-state index in [1.807, 2.05) is 0 Å². The molecule has 3 aliphatic heterocycles. The number of nitrogens with zero attached hydrogens (tertiary/aromatic N) is 3. The number of fused-ring (bicyclic) bond motifs is 2. The predicted molar refractivity (Wildman–Crippen MR) is 176 cm³/mol. The van der Waals surface area contributed by atoms with Crippen molar-refractivity contribution in [2.45, 2.75) is 82.1 Å². The van der Waals surface area contributed by atoms with E-state index in [2.05, 4.69) is 64.2 Å². The second-order valence-electron chi connectivity index (χ2n) is 14.5. The van der Waals surface area contributed by atoms with E-state index < -0.39 is 12.2 Å². The van der Waals surface area contributed by atoms with E-state index in [4.69, 9.17) is 9.47 Å². The molecule has 7 heteroatoms. The van der Waals surface area contributed by atoms with Gasteiger partial charge in [0.05, 0.1) is 31.5 Å². The molecule has 2 saturated heterocycles. The lowest BCUT2D eigenvalue weighted by molar-refractivity contribution is -0.0441. The average Bonchev–Trinajstić information content (AvgIpc) is 3.04. The van der Waals surface area contributed by atoms with E-state index in [9.17, 15) is 10.2 Å². The zero-order valence-electron chi connectivity index (χ0n) is 27.1. The molecule has 3 heterocycles. The molecule has 1 aromatic carbocycles. The maximum atomic E-state index is 11.1. The summed E-state index contributed by atoms with van der Waals surface area (Å²) in [6.45, 7) is 8.82. The molecule has 2 aliphatic carbocycles. The largest absolute Gasteiger partial charge is 0.389 e. The van der Waals surface area contributed by atoms with Crippen LogP contribution in [0.15, 0.2) is 48.1 Å². The van der Waals surface area contributed by atoms with Gasteiger partial charge in [0.1, 0.15) is 0 Å². The number of β-amino-alcohol motifs (C(OH)–C–C–N with tert-alkyl or cyclic N) is 2. The summed E-state index contributed by atoms with van der Waals surface area (Å²) in [4.78, 5) is 7.31. The summed E-state index contributed by atoms with van der Waals surface area (Å²) in [6, 6.07) is 8.95. The summed E-state index contributed by atoms with van der Waals surface area (Å²) in [5, 5.41) is 22.1. The van der Waals surface area contributed by atoms with Crippen molar-refractivity contribution in [1.29, 1.82) is 0 Å². The number of aliphatic hydroxyl groups is 2. The molecule has 0 bridgehead atoms. The highest BCUT2D eigenvalue weighted by atomic mass is 16.5. The summed E-state index contributed by atoms with van der Waals surface area (Å²) in [6.07, 6.45) is 16.0. The highest BCUT2D eigenvalue weighted by molar-refractivity contribution is 5.37. The van der Waals surface area contributed by atoms with Gasteiger partial charge in [-0.1, -0.05) is 67.3 Å². The van der Waals surface area contributed by atoms with Crippen molar-refractivity contribution < 1.29 is 19.7 Å². The second kappa shape index (κ2) is 15.8. The molecule has 1 saturated carbocycles. The van der Waals surface area contributed by atoms with Crippen molar-refractivity contribution in [3.05, 3.63) is 59.2 Å². The minimum absolute atomic E-state index is 0.269. The van der Waals surface area contributed by atoms with Crippen LogP contribution >= 0.6 is 0 Å². The number of likely N-dealkylation sites (tertiary alicyclic amines) is 2. The molecule has 44 heavy (non-hydrogen) atoms. The van der Waals surface area contributed by atoms with Crippen LogP contribution in [0, 0.1) is 17.8 Å². The van der Waals surface area contributed by atoms with E-state index >= 15 is 0 Å². The SMILES string of the molecule is CN1CCC(OCC(O)CN2CC3CC=CC=C3C(C3CN(CC(O)COCC4CCCCC4)Cc4ccccc43)C2)CC1. The first kappa shape index (κ1) is 32.4. The Morgan fingerprint density at radius 3 is 2.45 bits per heavy atom. The molecule has 0 amide bonds. The van der Waals surface area contributed by atoms with Crippen molar-refractivity contribution in [1.82, 2.24) is 14.7 Å². The Morgan fingerprint density at radius 1 is 0.864 bits per heavy atom. The third-order valence-electron chi connectivity index (χ3n) is 11.0. The van der Waals surface area contributed by atoms with Gasteiger partial charge in [-0.3, -0.25) is 9.80 Å². The lowest BCUT2D eigenvalue weighted by Gasteiger charge is -2.47. The zero-order valence-corrected chi connectivity index (χ0v) is 27.1. The van der Waals surface area contributed by atoms with E-state index in [1.54, 1.807) is 5.57 Å². The molecule has 5 atom stereocenters. The average molecular weight is 608 g/mol. The van der Waals surface area contributed by atoms with Crippen LogP contribution in [0.3, 0.4) is 0 Å². The van der Waals surface area contributed by atoms with Crippen molar-refractivity contribution in [2.24, 2.45) is 17.8 Å². The van der Waals surface area contributed by atoms with E-state index in [0.29, 0.717) is 50.0 Å². The lowest BCUT2D eigenvalue weighted by Crippen LogP contribution is -2.50. The summed E-state index contributed by atoms with van der Waals surface area (Å²) in [7, 11) is 2.17. The number of rotatable bonds is 12. The lowest BCUT2D eigenvalue weighted by atomic mass is 9.69. The molecule has 5 unspecified atom stereocenters. The van der Waals surface area contributed by atoms with E-state index in [1.165, 1.54) is 43.2 Å². The molecule has 6 rings (SSSR count). The quantitative estimate of drug-likeness (QED) is 0.364. The van der Waals surface area contributed by atoms with Gasteiger partial charge < -0.3 is 24.6 Å². The summed E-state index contributed by atoms with van der Waals surface area (Å²) < 4.78 is 12.2. The van der Waals surface area contributed by atoms with Gasteiger partial charge in [0.15, 0.2) is 0 Å². The van der Waals surface area contributed by atoms with Crippen LogP contribution in [0.4, 0.5) is 0 Å². The molecule has 0 aromatic heterocycles. The van der Waals surface area contributed by atoms with Gasteiger partial charge in [-0.15, -0.1) is 0 Å². The van der Waals surface area contributed by atoms with Crippen LogP contribution in [-0.4, -0.2) is 116 Å². The molecule has 244 valence electrons. The smallest absolute Gasteiger partial charge is 0.0900 e. The van der Waals surface area contributed by atoms with Gasteiger partial charge in [0.2, 0.25) is 0 Å². The van der Waals surface area contributed by atoms with Gasteiger partial charge in [-0.25, -0.2) is 0 Å². The standard InChI is InChI=1S/C37H57N3O4/c1-38-17-15-33(16-18-38)44-27-32(42)22-40-20-30-12-6-8-14-35(30)37(24-40)36-23-39(19-29-11-5-7-13-34(29)36)21-31(41)26-43-25-28-9-3-2-4-10-28/h5-8,11,13-14,28,30-33,36-37,41-42H,2-4,9-10,12,15-27H2,1H3. The number of allylic oxidation sites excluding steroid dienone is 3. The monoisotopic (exact) mass is 607 g/mol. The fraction of sp³-hybridized carbons (Fsp3) is 0.730. The Kier molecular flexibility index (Phi) is 11.6. The van der Waals surface area contributed by atoms with Gasteiger partial charge in [-0.05, 0) is 62.1 Å². The summed E-state index contributed by atoms with van der Waals surface area (Å²) in [5.41, 5.74) is 4.41. The molecule has 5 aliphatic rings. The molecule has 3 fully saturated rings. The third-order valence-corrected chi connectivity index (χ3v) is 11.0. The number of piperidine rings is 2. The number of hydrogen-bond donors (Lipinski definition) is 2. The Hall–Kier alpha value is -1.58. The van der Waals surface area contributed by atoms with Gasteiger partial charge in [0, 0.05) is 70.8 Å². The fourth-order valence-corrected chi connectivity index (χ4v) is 8.61. The molecular formula is C37H57N3O4. The highest BCUT2D eigenvalue weighted by Gasteiger charge is 2.40. The number of aliphatic hydroxyl groups excluding tert-OH is 2. The second-order valence-corrected chi connectivity index (χ2v) is 14.5. The normalized spacial score (nSPS) is 29.2. The van der Waals surface area contributed by atoms with Crippen molar-refractivity contribution in [3.63, 3.8) is 0 Å². The highest BCUT2D eigenvalue weighted by Crippen LogP contribution is 2.44. The van der Waals surface area contributed by atoms with Crippen LogP contribution in [-0.2, 0) is 16.0 Å². The van der Waals surface area contributed by atoms with Gasteiger partial charge >= 0.3 is 0 Å². The maximum Gasteiger partial charge on any atom is 0.0900 e. The minimum Gasteiger partial charge on any atom is -0.389 e. The Balaban J connectivity index is 1.09. The van der Waals surface area contributed by atoms with Crippen LogP contribution < -0.4 is 0 Å². The minimum atomic E-state index is -0.475. The molecule has 7 nitrogen and oxygen atoms in total. The van der Waals surface area contributed by atoms with E-state index in [-0.39, 0.29) is 6.10 Å². The Morgan fingerprint density at radius 2 is 1.61 bits per heavy atom. The van der Waals surface area contributed by atoms with Crippen molar-refractivity contribution >= 4 is 0 Å². The Labute approximate surface area is 265 Å². The fourth-order valence-electron chi connectivity index (χ4n) is 8.61. The first-order chi connectivity index (χ1) is 21.5. The van der Waals surface area contributed by atoms with Gasteiger partial charge in [0.25, 0.3) is 0 Å². The van der Waals surface area contributed by atoms with Crippen LogP contribution in [0.5, 0.6) is 0 Å². The van der Waals surface area contributed by atoms with Crippen molar-refractivity contribution in [2.75, 3.05) is 72.7 Å². The molecule has 1 aromatic rings. The van der Waals surface area contributed by atoms with Crippen LogP contribution in [0.2, 0.25) is 0 Å². The zero-order chi connectivity index (χ0) is 30.3. The molecule has 0 radical (unpaired) electrons. The molecule has 0 spiro atoms. The first-order valence-electron chi connectivity index (χ1n) is 17.6. The maximum absolute atomic E-state index is 11.1. The number of ether oxygens (including phenoxy) is 2. The summed E-state index contributed by atoms with van der Waals surface area (Å²) in [5.74, 6) is 1.89. The third kappa shape index (κ3) is 8.61. The topological polar surface area (TPSA) is 68.6 Å². The van der Waals surface area contributed by atoms with Gasteiger partial charge in [-0.2, -0.15) is 0 Å². The number of hydrogen-bond acceptors (Lipinski definition) is 7. The first-order valence-corrected chi connectivity index (χ1v) is 17.6. The summed E-state index contributed by atoms with van der Waals surface area (Å²) >= 11 is 0.